The Labute approximate surface area is 149 Å². The first-order chi connectivity index (χ1) is 12.3. The Hall–Kier alpha value is -1.89. The molecule has 0 aliphatic carbocycles. The third-order valence-electron chi connectivity index (χ3n) is 5.39. The van der Waals surface area contributed by atoms with Gasteiger partial charge in [0, 0.05) is 52.1 Å². The van der Waals surface area contributed by atoms with Gasteiger partial charge < -0.3 is 19.4 Å². The van der Waals surface area contributed by atoms with Crippen LogP contribution in [0.4, 0.5) is 11.8 Å². The summed E-state index contributed by atoms with van der Waals surface area (Å²) in [6, 6.07) is 1.98. The minimum Gasteiger partial charge on any atom is -0.368 e. The van der Waals surface area contributed by atoms with Crippen molar-refractivity contribution in [1.29, 1.82) is 0 Å². The van der Waals surface area contributed by atoms with Gasteiger partial charge in [-0.1, -0.05) is 0 Å². The zero-order chi connectivity index (χ0) is 17.1. The van der Waals surface area contributed by atoms with Gasteiger partial charge in [0.15, 0.2) is 0 Å². The van der Waals surface area contributed by atoms with Crippen LogP contribution in [0.1, 0.15) is 32.1 Å². The lowest BCUT2D eigenvalue weighted by molar-refractivity contribution is -0.141. The molecule has 3 aliphatic rings. The highest BCUT2D eigenvalue weighted by atomic mass is 16.5. The standard InChI is InChI=1S/C18H27N5O2/c24-17(15-5-4-14-25-15)22-12-10-21(11-13-22)16-6-7-19-18(20-16)23-8-2-1-3-9-23/h6-7,15H,1-5,8-14H2. The molecule has 0 radical (unpaired) electrons. The molecule has 0 aromatic carbocycles. The van der Waals surface area contributed by atoms with Crippen molar-refractivity contribution in [3.8, 4) is 0 Å². The lowest BCUT2D eigenvalue weighted by Gasteiger charge is -2.36. The van der Waals surface area contributed by atoms with Crippen molar-refractivity contribution >= 4 is 17.7 Å². The van der Waals surface area contributed by atoms with Crippen molar-refractivity contribution in [2.45, 2.75) is 38.2 Å². The number of carbonyl (C=O) groups excluding carboxylic acids is 1. The molecule has 0 spiro atoms. The van der Waals surface area contributed by atoms with Crippen LogP contribution in [0.3, 0.4) is 0 Å². The molecule has 1 aromatic rings. The van der Waals surface area contributed by atoms with Gasteiger partial charge >= 0.3 is 0 Å². The van der Waals surface area contributed by atoms with Crippen LogP contribution in [0.25, 0.3) is 0 Å². The topological polar surface area (TPSA) is 61.8 Å². The number of hydrogen-bond acceptors (Lipinski definition) is 6. The van der Waals surface area contributed by atoms with E-state index in [1.807, 2.05) is 17.2 Å². The second-order valence-electron chi connectivity index (χ2n) is 7.08. The number of rotatable bonds is 3. The second-order valence-corrected chi connectivity index (χ2v) is 7.08. The quantitative estimate of drug-likeness (QED) is 0.823. The average Bonchev–Trinajstić information content (AvgIpc) is 3.23. The Bertz CT molecular complexity index is 591. The Morgan fingerprint density at radius 1 is 1.00 bits per heavy atom. The van der Waals surface area contributed by atoms with Crippen molar-refractivity contribution < 1.29 is 9.53 Å². The molecule has 3 fully saturated rings. The molecule has 4 heterocycles. The van der Waals surface area contributed by atoms with E-state index in [1.165, 1.54) is 19.3 Å². The number of hydrogen-bond donors (Lipinski definition) is 0. The smallest absolute Gasteiger partial charge is 0.251 e. The molecule has 136 valence electrons. The van der Waals surface area contributed by atoms with E-state index >= 15 is 0 Å². The van der Waals surface area contributed by atoms with Gasteiger partial charge in [0.25, 0.3) is 5.91 Å². The fourth-order valence-electron chi connectivity index (χ4n) is 3.89. The van der Waals surface area contributed by atoms with Gasteiger partial charge in [0.1, 0.15) is 11.9 Å². The minimum absolute atomic E-state index is 0.161. The van der Waals surface area contributed by atoms with Crippen LogP contribution < -0.4 is 9.80 Å². The second kappa shape index (κ2) is 7.56. The normalized spacial score (nSPS) is 24.6. The Kier molecular flexibility index (Phi) is 5.01. The van der Waals surface area contributed by atoms with Crippen molar-refractivity contribution in [3.05, 3.63) is 12.3 Å². The van der Waals surface area contributed by atoms with E-state index in [4.69, 9.17) is 9.72 Å². The molecule has 1 amide bonds. The van der Waals surface area contributed by atoms with Crippen molar-refractivity contribution in [2.75, 3.05) is 55.7 Å². The van der Waals surface area contributed by atoms with Crippen molar-refractivity contribution in [3.63, 3.8) is 0 Å². The third kappa shape index (κ3) is 3.71. The maximum Gasteiger partial charge on any atom is 0.251 e. The van der Waals surface area contributed by atoms with Gasteiger partial charge in [-0.3, -0.25) is 4.79 Å². The van der Waals surface area contributed by atoms with Crippen LogP contribution >= 0.6 is 0 Å². The molecule has 4 rings (SSSR count). The van der Waals surface area contributed by atoms with E-state index in [0.29, 0.717) is 0 Å². The fourth-order valence-corrected chi connectivity index (χ4v) is 3.89. The van der Waals surface area contributed by atoms with E-state index in [-0.39, 0.29) is 12.0 Å². The molecule has 7 heteroatoms. The number of ether oxygens (including phenoxy) is 1. The van der Waals surface area contributed by atoms with Gasteiger partial charge in [-0.2, -0.15) is 4.98 Å². The highest BCUT2D eigenvalue weighted by Crippen LogP contribution is 2.21. The summed E-state index contributed by atoms with van der Waals surface area (Å²) in [5.74, 6) is 1.98. The molecule has 1 aromatic heterocycles. The lowest BCUT2D eigenvalue weighted by atomic mass is 10.1. The van der Waals surface area contributed by atoms with Crippen molar-refractivity contribution in [1.82, 2.24) is 14.9 Å². The van der Waals surface area contributed by atoms with Crippen LogP contribution in [0, 0.1) is 0 Å². The molecule has 7 nitrogen and oxygen atoms in total. The molecule has 25 heavy (non-hydrogen) atoms. The first kappa shape index (κ1) is 16.6. The number of amides is 1. The summed E-state index contributed by atoms with van der Waals surface area (Å²) in [5.41, 5.74) is 0. The third-order valence-corrected chi connectivity index (χ3v) is 5.39. The van der Waals surface area contributed by atoms with Crippen molar-refractivity contribution in [2.24, 2.45) is 0 Å². The first-order valence-electron chi connectivity index (χ1n) is 9.54. The fraction of sp³-hybridized carbons (Fsp3) is 0.722. The number of carbonyl (C=O) groups is 1. The van der Waals surface area contributed by atoms with Gasteiger partial charge in [0.05, 0.1) is 0 Å². The highest BCUT2D eigenvalue weighted by Gasteiger charge is 2.30. The number of piperidine rings is 1. The summed E-state index contributed by atoms with van der Waals surface area (Å²) < 4.78 is 5.53. The summed E-state index contributed by atoms with van der Waals surface area (Å²) in [5, 5.41) is 0. The number of anilines is 2. The van der Waals surface area contributed by atoms with Crippen LogP contribution in [0.15, 0.2) is 12.3 Å². The molecule has 0 saturated carbocycles. The maximum atomic E-state index is 12.5. The summed E-state index contributed by atoms with van der Waals surface area (Å²) in [4.78, 5) is 28.2. The van der Waals surface area contributed by atoms with E-state index in [1.54, 1.807) is 0 Å². The minimum atomic E-state index is -0.212. The Morgan fingerprint density at radius 3 is 2.52 bits per heavy atom. The molecule has 1 unspecified atom stereocenters. The zero-order valence-electron chi connectivity index (χ0n) is 14.8. The van der Waals surface area contributed by atoms with Gasteiger partial charge in [-0.05, 0) is 38.2 Å². The molecule has 3 aliphatic heterocycles. The molecule has 0 bridgehead atoms. The lowest BCUT2D eigenvalue weighted by Crippen LogP contribution is -2.51. The summed E-state index contributed by atoms with van der Waals surface area (Å²) >= 11 is 0. The maximum absolute atomic E-state index is 12.5. The average molecular weight is 345 g/mol. The summed E-state index contributed by atoms with van der Waals surface area (Å²) in [7, 11) is 0. The molecular weight excluding hydrogens is 318 g/mol. The van der Waals surface area contributed by atoms with E-state index in [9.17, 15) is 4.79 Å². The zero-order valence-corrected chi connectivity index (χ0v) is 14.8. The number of nitrogens with zero attached hydrogens (tertiary/aromatic N) is 5. The predicted octanol–water partition coefficient (Wildman–Crippen LogP) is 1.29. The molecule has 3 saturated heterocycles. The predicted molar refractivity (Wildman–Crippen MR) is 95.9 cm³/mol. The van der Waals surface area contributed by atoms with Gasteiger partial charge in [-0.25, -0.2) is 4.98 Å². The van der Waals surface area contributed by atoms with E-state index in [2.05, 4.69) is 14.8 Å². The first-order valence-corrected chi connectivity index (χ1v) is 9.54. The van der Waals surface area contributed by atoms with E-state index in [0.717, 1.165) is 70.5 Å². The van der Waals surface area contributed by atoms with Crippen LogP contribution in [-0.4, -0.2) is 72.8 Å². The van der Waals surface area contributed by atoms with Gasteiger partial charge in [-0.15, -0.1) is 0 Å². The SMILES string of the molecule is O=C(C1CCCO1)N1CCN(c2ccnc(N3CCCCC3)n2)CC1. The monoisotopic (exact) mass is 345 g/mol. The largest absolute Gasteiger partial charge is 0.368 e. The molecular formula is C18H27N5O2. The van der Waals surface area contributed by atoms with Gasteiger partial charge in [0.2, 0.25) is 5.95 Å². The van der Waals surface area contributed by atoms with E-state index < -0.39 is 0 Å². The molecule has 1 atom stereocenters. The summed E-state index contributed by atoms with van der Waals surface area (Å²) in [6.45, 7) is 5.92. The Balaban J connectivity index is 1.36. The Morgan fingerprint density at radius 2 is 1.80 bits per heavy atom. The number of aromatic nitrogens is 2. The van der Waals surface area contributed by atoms with Crippen LogP contribution in [0.2, 0.25) is 0 Å². The number of piperazine rings is 1. The molecule has 0 N–H and O–H groups in total. The van der Waals surface area contributed by atoms with Crippen LogP contribution in [0.5, 0.6) is 0 Å². The van der Waals surface area contributed by atoms with Crippen LogP contribution in [-0.2, 0) is 9.53 Å². The highest BCUT2D eigenvalue weighted by molar-refractivity contribution is 5.81. The summed E-state index contributed by atoms with van der Waals surface area (Å²) in [6.07, 6.45) is 7.25.